The molecular weight excluding hydrogens is 395 g/mol. The molecular formula is C14H14Cl2N2O4S2. The van der Waals surface area contributed by atoms with Crippen molar-refractivity contribution in [2.75, 3.05) is 11.8 Å². The summed E-state index contributed by atoms with van der Waals surface area (Å²) < 4.78 is 52.2. The minimum atomic E-state index is -3.69. The molecule has 2 aromatic rings. The van der Waals surface area contributed by atoms with Crippen LogP contribution in [0.5, 0.6) is 0 Å². The number of nitrogens with one attached hydrogen (secondary N) is 2. The molecule has 6 nitrogen and oxygen atoms in total. The van der Waals surface area contributed by atoms with Crippen LogP contribution in [0.3, 0.4) is 0 Å². The van der Waals surface area contributed by atoms with Gasteiger partial charge in [0.25, 0.3) is 0 Å². The van der Waals surface area contributed by atoms with Gasteiger partial charge in [0.1, 0.15) is 0 Å². The Kier molecular flexibility index (Phi) is 5.77. The smallest absolute Gasteiger partial charge is 0.240 e. The highest BCUT2D eigenvalue weighted by Crippen LogP contribution is 2.24. The van der Waals surface area contributed by atoms with E-state index < -0.39 is 20.0 Å². The molecule has 0 unspecified atom stereocenters. The Bertz CT molecular complexity index is 943. The van der Waals surface area contributed by atoms with Gasteiger partial charge in [0.05, 0.1) is 20.7 Å². The van der Waals surface area contributed by atoms with Crippen LogP contribution >= 0.6 is 23.2 Å². The van der Waals surface area contributed by atoms with Crippen molar-refractivity contribution >= 4 is 48.9 Å². The van der Waals surface area contributed by atoms with Crippen molar-refractivity contribution in [2.24, 2.45) is 0 Å². The normalized spacial score (nSPS) is 12.1. The molecule has 0 aromatic heterocycles. The third kappa shape index (κ3) is 4.84. The Morgan fingerprint density at radius 1 is 0.917 bits per heavy atom. The highest BCUT2D eigenvalue weighted by atomic mass is 35.5. The number of hydrogen-bond acceptors (Lipinski definition) is 4. The van der Waals surface area contributed by atoms with E-state index in [4.69, 9.17) is 23.2 Å². The van der Waals surface area contributed by atoms with Gasteiger partial charge in [-0.1, -0.05) is 29.3 Å². The van der Waals surface area contributed by atoms with Crippen LogP contribution in [-0.4, -0.2) is 23.9 Å². The van der Waals surface area contributed by atoms with Gasteiger partial charge in [-0.15, -0.1) is 0 Å². The zero-order valence-electron chi connectivity index (χ0n) is 12.5. The molecule has 2 aromatic carbocycles. The Balaban J connectivity index is 2.15. The van der Waals surface area contributed by atoms with Crippen molar-refractivity contribution in [3.05, 3.63) is 58.1 Å². The van der Waals surface area contributed by atoms with Crippen LogP contribution in [0.4, 0.5) is 5.69 Å². The summed E-state index contributed by atoms with van der Waals surface area (Å²) in [6, 6.07) is 9.92. The highest BCUT2D eigenvalue weighted by molar-refractivity contribution is 7.92. The Morgan fingerprint density at radius 3 is 2.08 bits per heavy atom. The van der Waals surface area contributed by atoms with Crippen molar-refractivity contribution in [2.45, 2.75) is 10.6 Å². The lowest BCUT2D eigenvalue weighted by Crippen LogP contribution is -2.19. The monoisotopic (exact) mass is 408 g/mol. The van der Waals surface area contributed by atoms with Gasteiger partial charge in [0.15, 0.2) is 0 Å². The molecule has 2 rings (SSSR count). The zero-order chi connectivity index (χ0) is 18.0. The molecule has 0 amide bonds. The topological polar surface area (TPSA) is 92.3 Å². The lowest BCUT2D eigenvalue weighted by atomic mass is 10.2. The van der Waals surface area contributed by atoms with Gasteiger partial charge in [0.2, 0.25) is 20.0 Å². The summed E-state index contributed by atoms with van der Waals surface area (Å²) >= 11 is 11.7. The molecule has 0 aliphatic carbocycles. The van der Waals surface area contributed by atoms with Crippen LogP contribution in [0.1, 0.15) is 5.56 Å². The predicted octanol–water partition coefficient (Wildman–Crippen LogP) is 2.84. The van der Waals surface area contributed by atoms with Gasteiger partial charge in [-0.2, -0.15) is 0 Å². The number of sulfonamides is 2. The molecule has 0 aliphatic heterocycles. The molecule has 0 saturated carbocycles. The second kappa shape index (κ2) is 7.28. The largest absolute Gasteiger partial charge is 0.283 e. The summed E-state index contributed by atoms with van der Waals surface area (Å²) in [4.78, 5) is 0.0393. The fourth-order valence-corrected chi connectivity index (χ4v) is 4.12. The first-order valence-electron chi connectivity index (χ1n) is 6.61. The average molecular weight is 409 g/mol. The lowest BCUT2D eigenvalue weighted by molar-refractivity contribution is 0.588. The van der Waals surface area contributed by atoms with Gasteiger partial charge >= 0.3 is 0 Å². The second-order valence-electron chi connectivity index (χ2n) is 4.84. The molecule has 0 fully saturated rings. The molecule has 24 heavy (non-hydrogen) atoms. The lowest BCUT2D eigenvalue weighted by Gasteiger charge is -2.09. The number of anilines is 1. The maximum atomic E-state index is 12.2. The number of benzene rings is 2. The van der Waals surface area contributed by atoms with E-state index in [0.29, 0.717) is 10.6 Å². The van der Waals surface area contributed by atoms with Crippen LogP contribution in [-0.2, 0) is 25.8 Å². The molecule has 130 valence electrons. The third-order valence-corrected chi connectivity index (χ3v) is 6.48. The standard InChI is InChI=1S/C14H14Cl2N2O4S2/c1-17-24(21,22)12-5-3-11(4-6-12)18-23(19,20)9-10-2-7-13(15)14(16)8-10/h2-8,17-18H,9H2,1H3. The van der Waals surface area contributed by atoms with E-state index in [0.717, 1.165) is 0 Å². The zero-order valence-corrected chi connectivity index (χ0v) is 15.6. The van der Waals surface area contributed by atoms with E-state index in [2.05, 4.69) is 9.44 Å². The molecule has 2 N–H and O–H groups in total. The summed E-state index contributed by atoms with van der Waals surface area (Å²) in [6.45, 7) is 0. The molecule has 0 heterocycles. The average Bonchev–Trinajstić information content (AvgIpc) is 2.51. The van der Waals surface area contributed by atoms with Crippen molar-refractivity contribution < 1.29 is 16.8 Å². The number of halogens is 2. The maximum absolute atomic E-state index is 12.2. The minimum Gasteiger partial charge on any atom is -0.283 e. The van der Waals surface area contributed by atoms with Crippen LogP contribution in [0.2, 0.25) is 10.0 Å². The highest BCUT2D eigenvalue weighted by Gasteiger charge is 2.15. The molecule has 0 atom stereocenters. The van der Waals surface area contributed by atoms with Crippen molar-refractivity contribution in [3.8, 4) is 0 Å². The molecule has 10 heteroatoms. The van der Waals surface area contributed by atoms with Crippen LogP contribution in [0.15, 0.2) is 47.4 Å². The van der Waals surface area contributed by atoms with Gasteiger partial charge < -0.3 is 0 Å². The van der Waals surface area contributed by atoms with E-state index in [9.17, 15) is 16.8 Å². The number of hydrogen-bond donors (Lipinski definition) is 2. The van der Waals surface area contributed by atoms with Crippen LogP contribution in [0, 0.1) is 0 Å². The van der Waals surface area contributed by atoms with E-state index in [-0.39, 0.29) is 21.4 Å². The first-order chi connectivity index (χ1) is 11.1. The Morgan fingerprint density at radius 2 is 1.54 bits per heavy atom. The molecule has 0 radical (unpaired) electrons. The van der Waals surface area contributed by atoms with Crippen molar-refractivity contribution in [1.29, 1.82) is 0 Å². The summed E-state index contributed by atoms with van der Waals surface area (Å²) in [5, 5.41) is 0.609. The first-order valence-corrected chi connectivity index (χ1v) is 10.5. The predicted molar refractivity (Wildman–Crippen MR) is 95.4 cm³/mol. The van der Waals surface area contributed by atoms with Crippen LogP contribution < -0.4 is 9.44 Å². The van der Waals surface area contributed by atoms with E-state index in [1.54, 1.807) is 6.07 Å². The van der Waals surface area contributed by atoms with E-state index in [1.165, 1.54) is 43.4 Å². The van der Waals surface area contributed by atoms with Gasteiger partial charge in [0, 0.05) is 5.69 Å². The maximum Gasteiger partial charge on any atom is 0.240 e. The summed E-state index contributed by atoms with van der Waals surface area (Å²) in [7, 11) is -5.96. The Hall–Kier alpha value is -1.32. The SMILES string of the molecule is CNS(=O)(=O)c1ccc(NS(=O)(=O)Cc2ccc(Cl)c(Cl)c2)cc1. The van der Waals surface area contributed by atoms with Gasteiger partial charge in [-0.05, 0) is 49.0 Å². The number of rotatable bonds is 6. The van der Waals surface area contributed by atoms with Crippen LogP contribution in [0.25, 0.3) is 0 Å². The van der Waals surface area contributed by atoms with E-state index in [1.807, 2.05) is 0 Å². The molecule has 0 saturated heterocycles. The summed E-state index contributed by atoms with van der Waals surface area (Å²) in [6.07, 6.45) is 0. The molecule has 0 bridgehead atoms. The van der Waals surface area contributed by atoms with Crippen molar-refractivity contribution in [3.63, 3.8) is 0 Å². The summed E-state index contributed by atoms with van der Waals surface area (Å²) in [5.74, 6) is -0.291. The van der Waals surface area contributed by atoms with E-state index >= 15 is 0 Å². The fourth-order valence-electron chi connectivity index (χ4n) is 1.88. The fraction of sp³-hybridized carbons (Fsp3) is 0.143. The molecule has 0 spiro atoms. The Labute approximate surface area is 150 Å². The quantitative estimate of drug-likeness (QED) is 0.768. The minimum absolute atomic E-state index is 0.0393. The van der Waals surface area contributed by atoms with Crippen molar-refractivity contribution in [1.82, 2.24) is 4.72 Å². The van der Waals surface area contributed by atoms with Gasteiger partial charge in [-0.3, -0.25) is 4.72 Å². The third-order valence-electron chi connectivity index (χ3n) is 3.05. The second-order valence-corrected chi connectivity index (χ2v) is 9.26. The summed E-state index contributed by atoms with van der Waals surface area (Å²) in [5.41, 5.74) is 0.733. The molecule has 0 aliphatic rings. The first kappa shape index (κ1) is 19.0. The van der Waals surface area contributed by atoms with Gasteiger partial charge in [-0.25, -0.2) is 21.6 Å².